The van der Waals surface area contributed by atoms with Gasteiger partial charge >= 0.3 is 0 Å². The molecule has 1 N–H and O–H groups in total. The third-order valence-corrected chi connectivity index (χ3v) is 7.16. The number of benzene rings is 1. The molecule has 0 aliphatic carbocycles. The van der Waals surface area contributed by atoms with Crippen LogP contribution in [0.5, 0.6) is 0 Å². The van der Waals surface area contributed by atoms with E-state index in [1.807, 2.05) is 6.07 Å². The average molecular weight is 434 g/mol. The van der Waals surface area contributed by atoms with Gasteiger partial charge in [0, 0.05) is 32.5 Å². The standard InChI is InChI=1S/C25H31N5O2/c1-16-7-8-19(12-17(16)2)14-29-10-5-4-6-23(29)22-13-24-26-21-9-11-28(18(3)31)15-20(21)25(32)30(24)27-22/h7-8,12-13,23,27H,4-6,9-11,14-15H2,1-3H3/t23-/m0/s1. The van der Waals surface area contributed by atoms with Crippen LogP contribution in [0.1, 0.15) is 65.9 Å². The molecule has 0 radical (unpaired) electrons. The summed E-state index contributed by atoms with van der Waals surface area (Å²) in [4.78, 5) is 34.0. The fourth-order valence-electron chi connectivity index (χ4n) is 5.11. The summed E-state index contributed by atoms with van der Waals surface area (Å²) < 4.78 is 1.57. The van der Waals surface area contributed by atoms with Gasteiger partial charge in [0.2, 0.25) is 5.91 Å². The molecule has 0 bridgehead atoms. The Kier molecular flexibility index (Phi) is 5.37. The van der Waals surface area contributed by atoms with Gasteiger partial charge in [-0.2, -0.15) is 0 Å². The quantitative estimate of drug-likeness (QED) is 0.688. The van der Waals surface area contributed by atoms with Crippen molar-refractivity contribution < 1.29 is 4.79 Å². The second-order valence-electron chi connectivity index (χ2n) is 9.34. The zero-order valence-electron chi connectivity index (χ0n) is 19.1. The predicted octanol–water partition coefficient (Wildman–Crippen LogP) is 3.27. The van der Waals surface area contributed by atoms with Crippen LogP contribution in [-0.4, -0.2) is 43.4 Å². The number of hydrogen-bond acceptors (Lipinski definition) is 4. The maximum atomic E-state index is 13.2. The van der Waals surface area contributed by atoms with Gasteiger partial charge in [-0.3, -0.25) is 19.6 Å². The molecule has 4 heterocycles. The number of aromatic nitrogens is 3. The Morgan fingerprint density at radius 3 is 2.78 bits per heavy atom. The summed E-state index contributed by atoms with van der Waals surface area (Å²) in [6.45, 7) is 8.76. The van der Waals surface area contributed by atoms with E-state index in [1.54, 1.807) is 16.3 Å². The van der Waals surface area contributed by atoms with Crippen molar-refractivity contribution in [3.8, 4) is 0 Å². The number of nitrogens with one attached hydrogen (secondary N) is 1. The fraction of sp³-hybridized carbons (Fsp3) is 0.480. The molecule has 1 saturated heterocycles. The van der Waals surface area contributed by atoms with Crippen molar-refractivity contribution in [2.75, 3.05) is 13.1 Å². The highest BCUT2D eigenvalue weighted by molar-refractivity contribution is 5.73. The van der Waals surface area contributed by atoms with E-state index in [1.165, 1.54) is 29.5 Å². The Morgan fingerprint density at radius 2 is 2.00 bits per heavy atom. The molecule has 1 aromatic carbocycles. The smallest absolute Gasteiger partial charge is 0.277 e. The number of aryl methyl sites for hydroxylation is 2. The fourth-order valence-corrected chi connectivity index (χ4v) is 5.11. The normalized spacial score (nSPS) is 19.3. The largest absolute Gasteiger partial charge is 0.338 e. The number of hydrogen-bond donors (Lipinski definition) is 1. The van der Waals surface area contributed by atoms with Gasteiger partial charge in [-0.05, 0) is 49.9 Å². The van der Waals surface area contributed by atoms with Crippen molar-refractivity contribution in [2.24, 2.45) is 0 Å². The topological polar surface area (TPSA) is 73.7 Å². The van der Waals surface area contributed by atoms with Crippen molar-refractivity contribution >= 4 is 11.6 Å². The summed E-state index contributed by atoms with van der Waals surface area (Å²) in [5.41, 5.74) is 7.06. The van der Waals surface area contributed by atoms with Crippen LogP contribution in [0, 0.1) is 13.8 Å². The first-order chi connectivity index (χ1) is 15.4. The Hall–Kier alpha value is -2.93. The number of rotatable bonds is 3. The first-order valence-corrected chi connectivity index (χ1v) is 11.6. The minimum absolute atomic E-state index is 0.00323. The van der Waals surface area contributed by atoms with E-state index in [4.69, 9.17) is 4.98 Å². The molecular weight excluding hydrogens is 402 g/mol. The lowest BCUT2D eigenvalue weighted by Crippen LogP contribution is -2.39. The van der Waals surface area contributed by atoms with E-state index in [-0.39, 0.29) is 17.5 Å². The minimum atomic E-state index is -0.0845. The summed E-state index contributed by atoms with van der Waals surface area (Å²) in [7, 11) is 0. The van der Waals surface area contributed by atoms with E-state index >= 15 is 0 Å². The molecule has 1 fully saturated rings. The zero-order chi connectivity index (χ0) is 22.4. The lowest BCUT2D eigenvalue weighted by Gasteiger charge is -2.35. The van der Waals surface area contributed by atoms with Crippen LogP contribution >= 0.6 is 0 Å². The van der Waals surface area contributed by atoms with Gasteiger partial charge in [-0.1, -0.05) is 24.6 Å². The van der Waals surface area contributed by atoms with Crippen LogP contribution in [0.4, 0.5) is 0 Å². The third kappa shape index (κ3) is 3.75. The zero-order valence-corrected chi connectivity index (χ0v) is 19.1. The Labute approximate surface area is 188 Å². The van der Waals surface area contributed by atoms with Crippen LogP contribution in [0.15, 0.2) is 29.1 Å². The maximum absolute atomic E-state index is 13.2. The number of piperidine rings is 1. The van der Waals surface area contributed by atoms with Gasteiger partial charge in [0.1, 0.15) is 0 Å². The van der Waals surface area contributed by atoms with E-state index in [9.17, 15) is 9.59 Å². The van der Waals surface area contributed by atoms with Crippen molar-refractivity contribution in [1.82, 2.24) is 24.4 Å². The molecule has 168 valence electrons. The molecule has 0 unspecified atom stereocenters. The van der Waals surface area contributed by atoms with E-state index < -0.39 is 0 Å². The Morgan fingerprint density at radius 1 is 1.16 bits per heavy atom. The SMILES string of the molecule is CC(=O)N1CCc2nc3cc([C@@H]4CCCCN4Cc4ccc(C)c(C)c4)[nH]n3c(=O)c2C1. The average Bonchev–Trinajstić information content (AvgIpc) is 3.21. The van der Waals surface area contributed by atoms with Crippen molar-refractivity contribution in [3.63, 3.8) is 0 Å². The minimum Gasteiger partial charge on any atom is -0.338 e. The predicted molar refractivity (Wildman–Crippen MR) is 124 cm³/mol. The molecule has 0 spiro atoms. The second kappa shape index (κ2) is 8.20. The number of H-pyrrole nitrogens is 1. The number of fused-ring (bicyclic) bond motifs is 2. The molecule has 1 atom stereocenters. The maximum Gasteiger partial charge on any atom is 0.277 e. The van der Waals surface area contributed by atoms with E-state index in [0.717, 1.165) is 30.9 Å². The molecular formula is C25H31N5O2. The molecule has 7 heteroatoms. The highest BCUT2D eigenvalue weighted by Crippen LogP contribution is 2.32. The van der Waals surface area contributed by atoms with E-state index in [0.29, 0.717) is 30.7 Å². The first-order valence-electron chi connectivity index (χ1n) is 11.6. The van der Waals surface area contributed by atoms with Crippen molar-refractivity contribution in [3.05, 3.63) is 68.3 Å². The van der Waals surface area contributed by atoms with Gasteiger partial charge in [-0.15, -0.1) is 0 Å². The lowest BCUT2D eigenvalue weighted by molar-refractivity contribution is -0.129. The summed E-state index contributed by atoms with van der Waals surface area (Å²) in [5, 5.41) is 3.36. The molecule has 32 heavy (non-hydrogen) atoms. The highest BCUT2D eigenvalue weighted by atomic mass is 16.2. The molecule has 1 amide bonds. The summed E-state index contributed by atoms with van der Waals surface area (Å²) in [5.74, 6) is -0.00323. The molecule has 5 rings (SSSR count). The summed E-state index contributed by atoms with van der Waals surface area (Å²) in [6.07, 6.45) is 4.05. The van der Waals surface area contributed by atoms with Crippen LogP contribution in [0.2, 0.25) is 0 Å². The van der Waals surface area contributed by atoms with Gasteiger partial charge in [0.15, 0.2) is 5.65 Å². The summed E-state index contributed by atoms with van der Waals surface area (Å²) >= 11 is 0. The van der Waals surface area contributed by atoms with Crippen LogP contribution in [0.3, 0.4) is 0 Å². The van der Waals surface area contributed by atoms with Gasteiger partial charge in [0.25, 0.3) is 5.56 Å². The van der Waals surface area contributed by atoms with Gasteiger partial charge in [0.05, 0.1) is 29.5 Å². The summed E-state index contributed by atoms with van der Waals surface area (Å²) in [6, 6.07) is 8.98. The van der Waals surface area contributed by atoms with Crippen LogP contribution in [-0.2, 0) is 24.3 Å². The highest BCUT2D eigenvalue weighted by Gasteiger charge is 2.28. The second-order valence-corrected chi connectivity index (χ2v) is 9.34. The monoisotopic (exact) mass is 433 g/mol. The first kappa shape index (κ1) is 20.9. The number of aromatic amines is 1. The lowest BCUT2D eigenvalue weighted by atomic mass is 9.98. The molecule has 2 aliphatic rings. The van der Waals surface area contributed by atoms with Crippen molar-refractivity contribution in [1.29, 1.82) is 0 Å². The number of nitrogens with zero attached hydrogens (tertiary/aromatic N) is 4. The number of likely N-dealkylation sites (tertiary alicyclic amines) is 1. The molecule has 2 aromatic heterocycles. The van der Waals surface area contributed by atoms with Gasteiger partial charge in [-0.25, -0.2) is 9.50 Å². The Bertz CT molecular complexity index is 1240. The van der Waals surface area contributed by atoms with Crippen LogP contribution in [0.25, 0.3) is 5.65 Å². The van der Waals surface area contributed by atoms with Gasteiger partial charge < -0.3 is 4.90 Å². The van der Waals surface area contributed by atoms with Crippen LogP contribution < -0.4 is 5.56 Å². The number of carbonyl (C=O) groups excluding carboxylic acids is 1. The third-order valence-electron chi connectivity index (χ3n) is 7.16. The molecule has 0 saturated carbocycles. The number of amides is 1. The molecule has 3 aromatic rings. The number of carbonyl (C=O) groups is 1. The Balaban J connectivity index is 1.47. The molecule has 7 nitrogen and oxygen atoms in total. The van der Waals surface area contributed by atoms with Crippen molar-refractivity contribution in [2.45, 2.75) is 65.6 Å². The van der Waals surface area contributed by atoms with E-state index in [2.05, 4.69) is 42.0 Å². The molecule has 2 aliphatic heterocycles.